The van der Waals surface area contributed by atoms with Gasteiger partial charge in [0.25, 0.3) is 0 Å². The molecule has 0 atom stereocenters. The predicted octanol–water partition coefficient (Wildman–Crippen LogP) is 0.349. The molecule has 1 fully saturated rings. The summed E-state index contributed by atoms with van der Waals surface area (Å²) >= 11 is 0. The van der Waals surface area contributed by atoms with Crippen LogP contribution in [0.5, 0.6) is 0 Å². The Kier molecular flexibility index (Phi) is 4.57. The Hall–Kier alpha value is -2.09. The van der Waals surface area contributed by atoms with E-state index in [2.05, 4.69) is 20.3 Å². The third-order valence-corrected chi connectivity index (χ3v) is 3.10. The Morgan fingerprint density at radius 3 is 2.70 bits per heavy atom. The van der Waals surface area contributed by atoms with Gasteiger partial charge in [-0.2, -0.15) is 4.98 Å². The van der Waals surface area contributed by atoms with E-state index >= 15 is 0 Å². The lowest BCUT2D eigenvalue weighted by atomic mass is 10.3. The number of aryl methyl sites for hydroxylation is 1. The first-order chi connectivity index (χ1) is 9.63. The van der Waals surface area contributed by atoms with Gasteiger partial charge >= 0.3 is 6.09 Å². The van der Waals surface area contributed by atoms with Crippen molar-refractivity contribution in [2.75, 3.05) is 43.1 Å². The van der Waals surface area contributed by atoms with Crippen LogP contribution in [0.1, 0.15) is 12.6 Å². The van der Waals surface area contributed by atoms with Crippen LogP contribution in [-0.2, 0) is 4.74 Å². The first kappa shape index (κ1) is 14.3. The number of hydrogen-bond acceptors (Lipinski definition) is 7. The van der Waals surface area contributed by atoms with Crippen molar-refractivity contribution in [2.45, 2.75) is 13.8 Å². The quantitative estimate of drug-likeness (QED) is 0.609. The zero-order chi connectivity index (χ0) is 14.5. The van der Waals surface area contributed by atoms with Gasteiger partial charge in [0.15, 0.2) is 0 Å². The van der Waals surface area contributed by atoms with E-state index in [0.717, 1.165) is 11.5 Å². The lowest BCUT2D eigenvalue weighted by molar-refractivity contribution is 0.105. The SMILES string of the molecule is CCOC(=O)N1CCN(c2cc(C)nc(NN)n2)CC1. The van der Waals surface area contributed by atoms with Crippen molar-refractivity contribution < 1.29 is 9.53 Å². The molecule has 0 radical (unpaired) electrons. The predicted molar refractivity (Wildman–Crippen MR) is 75.4 cm³/mol. The minimum absolute atomic E-state index is 0.254. The van der Waals surface area contributed by atoms with Crippen molar-refractivity contribution >= 4 is 17.9 Å². The highest BCUT2D eigenvalue weighted by Crippen LogP contribution is 2.16. The number of anilines is 2. The number of ether oxygens (including phenoxy) is 1. The number of hydrogen-bond donors (Lipinski definition) is 2. The van der Waals surface area contributed by atoms with Gasteiger partial charge in [0.1, 0.15) is 5.82 Å². The number of hydrazine groups is 1. The van der Waals surface area contributed by atoms with Crippen LogP contribution in [0.4, 0.5) is 16.6 Å². The number of carbonyl (C=O) groups excluding carboxylic acids is 1. The number of nitrogens with one attached hydrogen (secondary N) is 1. The summed E-state index contributed by atoms with van der Waals surface area (Å²) in [4.78, 5) is 23.9. The molecule has 20 heavy (non-hydrogen) atoms. The zero-order valence-electron chi connectivity index (χ0n) is 11.8. The Bertz CT molecular complexity index is 473. The second kappa shape index (κ2) is 6.38. The molecule has 1 aliphatic rings. The van der Waals surface area contributed by atoms with Gasteiger partial charge in [-0.15, -0.1) is 0 Å². The normalized spacial score (nSPS) is 15.2. The molecule has 1 amide bonds. The van der Waals surface area contributed by atoms with Crippen molar-refractivity contribution in [2.24, 2.45) is 5.84 Å². The van der Waals surface area contributed by atoms with Crippen molar-refractivity contribution in [3.63, 3.8) is 0 Å². The standard InChI is InChI=1S/C12H20N6O2/c1-3-20-12(19)18-6-4-17(5-7-18)10-8-9(2)14-11(15-10)16-13/h8H,3-7,13H2,1-2H3,(H,14,15,16). The maximum Gasteiger partial charge on any atom is 0.409 e. The molecule has 2 rings (SSSR count). The van der Waals surface area contributed by atoms with Crippen LogP contribution in [0.3, 0.4) is 0 Å². The monoisotopic (exact) mass is 280 g/mol. The summed E-state index contributed by atoms with van der Waals surface area (Å²) in [5.41, 5.74) is 3.30. The summed E-state index contributed by atoms with van der Waals surface area (Å²) < 4.78 is 4.99. The van der Waals surface area contributed by atoms with Crippen LogP contribution in [-0.4, -0.2) is 53.7 Å². The lowest BCUT2D eigenvalue weighted by Crippen LogP contribution is -2.49. The van der Waals surface area contributed by atoms with E-state index < -0.39 is 0 Å². The molecular formula is C12H20N6O2. The summed E-state index contributed by atoms with van der Waals surface area (Å²) in [6.07, 6.45) is -0.254. The van der Waals surface area contributed by atoms with E-state index in [1.807, 2.05) is 13.0 Å². The number of nitrogen functional groups attached to an aromatic ring is 1. The van der Waals surface area contributed by atoms with Crippen molar-refractivity contribution in [3.8, 4) is 0 Å². The lowest BCUT2D eigenvalue weighted by Gasteiger charge is -2.34. The minimum Gasteiger partial charge on any atom is -0.450 e. The molecular weight excluding hydrogens is 260 g/mol. The van der Waals surface area contributed by atoms with Gasteiger partial charge in [0, 0.05) is 37.9 Å². The molecule has 8 heteroatoms. The van der Waals surface area contributed by atoms with Crippen LogP contribution in [0.2, 0.25) is 0 Å². The van der Waals surface area contributed by atoms with E-state index in [9.17, 15) is 4.79 Å². The van der Waals surface area contributed by atoms with Gasteiger partial charge in [-0.05, 0) is 13.8 Å². The van der Waals surface area contributed by atoms with Crippen LogP contribution in [0, 0.1) is 6.92 Å². The van der Waals surface area contributed by atoms with E-state index in [-0.39, 0.29) is 6.09 Å². The topological polar surface area (TPSA) is 96.6 Å². The summed E-state index contributed by atoms with van der Waals surface area (Å²) in [6.45, 7) is 6.74. The summed E-state index contributed by atoms with van der Waals surface area (Å²) in [6, 6.07) is 1.90. The van der Waals surface area contributed by atoms with Gasteiger partial charge in [-0.1, -0.05) is 0 Å². The van der Waals surface area contributed by atoms with Crippen molar-refractivity contribution in [1.29, 1.82) is 0 Å². The van der Waals surface area contributed by atoms with Crippen LogP contribution >= 0.6 is 0 Å². The number of rotatable bonds is 3. The molecule has 1 aromatic heterocycles. The average Bonchev–Trinajstić information content (AvgIpc) is 2.47. The third-order valence-electron chi connectivity index (χ3n) is 3.10. The number of nitrogens with zero attached hydrogens (tertiary/aromatic N) is 4. The van der Waals surface area contributed by atoms with Crippen molar-refractivity contribution in [1.82, 2.24) is 14.9 Å². The number of nitrogens with two attached hydrogens (primary N) is 1. The number of amides is 1. The summed E-state index contributed by atoms with van der Waals surface area (Å²) in [5, 5.41) is 0. The van der Waals surface area contributed by atoms with Gasteiger partial charge < -0.3 is 14.5 Å². The molecule has 1 aromatic rings. The second-order valence-corrected chi connectivity index (χ2v) is 4.51. The minimum atomic E-state index is -0.254. The fourth-order valence-corrected chi connectivity index (χ4v) is 2.11. The fraction of sp³-hybridized carbons (Fsp3) is 0.583. The van der Waals surface area contributed by atoms with Gasteiger partial charge in [-0.25, -0.2) is 15.6 Å². The highest BCUT2D eigenvalue weighted by Gasteiger charge is 2.23. The molecule has 0 spiro atoms. The first-order valence-corrected chi connectivity index (χ1v) is 6.63. The molecule has 0 bridgehead atoms. The molecule has 3 N–H and O–H groups in total. The smallest absolute Gasteiger partial charge is 0.409 e. The maximum absolute atomic E-state index is 11.6. The van der Waals surface area contributed by atoms with E-state index in [4.69, 9.17) is 10.6 Å². The first-order valence-electron chi connectivity index (χ1n) is 6.63. The van der Waals surface area contributed by atoms with Crippen molar-refractivity contribution in [3.05, 3.63) is 11.8 Å². The van der Waals surface area contributed by atoms with Gasteiger partial charge in [0.05, 0.1) is 6.61 Å². The highest BCUT2D eigenvalue weighted by molar-refractivity contribution is 5.68. The Morgan fingerprint density at radius 2 is 2.10 bits per heavy atom. The Balaban J connectivity index is 2.00. The van der Waals surface area contributed by atoms with Gasteiger partial charge in [-0.3, -0.25) is 5.43 Å². The van der Waals surface area contributed by atoms with Crippen LogP contribution in [0.15, 0.2) is 6.07 Å². The Morgan fingerprint density at radius 1 is 1.40 bits per heavy atom. The van der Waals surface area contributed by atoms with Gasteiger partial charge in [0.2, 0.25) is 5.95 Å². The molecule has 0 aromatic carbocycles. The molecule has 0 aliphatic carbocycles. The maximum atomic E-state index is 11.6. The summed E-state index contributed by atoms with van der Waals surface area (Å²) in [5.74, 6) is 6.56. The zero-order valence-corrected chi connectivity index (χ0v) is 11.8. The largest absolute Gasteiger partial charge is 0.450 e. The molecule has 8 nitrogen and oxygen atoms in total. The van der Waals surface area contributed by atoms with E-state index in [1.54, 1.807) is 11.8 Å². The molecule has 0 saturated carbocycles. The highest BCUT2D eigenvalue weighted by atomic mass is 16.6. The second-order valence-electron chi connectivity index (χ2n) is 4.51. The average molecular weight is 280 g/mol. The molecule has 1 aliphatic heterocycles. The molecule has 2 heterocycles. The number of piperazine rings is 1. The van der Waals surface area contributed by atoms with E-state index in [0.29, 0.717) is 38.7 Å². The fourth-order valence-electron chi connectivity index (χ4n) is 2.11. The van der Waals surface area contributed by atoms with E-state index in [1.165, 1.54) is 0 Å². The van der Waals surface area contributed by atoms with Crippen LogP contribution in [0.25, 0.3) is 0 Å². The third kappa shape index (κ3) is 3.27. The number of carbonyl (C=O) groups is 1. The summed E-state index contributed by atoms with van der Waals surface area (Å²) in [7, 11) is 0. The number of aromatic nitrogens is 2. The molecule has 1 saturated heterocycles. The molecule has 0 unspecified atom stereocenters. The molecule has 110 valence electrons. The Labute approximate surface area is 117 Å². The van der Waals surface area contributed by atoms with Crippen LogP contribution < -0.4 is 16.2 Å².